The van der Waals surface area contributed by atoms with Crippen molar-refractivity contribution < 1.29 is 4.39 Å². The largest absolute Gasteiger partial charge is 0.338 e. The summed E-state index contributed by atoms with van der Waals surface area (Å²) in [7, 11) is 0. The number of aliphatic imine (C=N–C) groups is 2. The molecule has 2 aliphatic rings. The van der Waals surface area contributed by atoms with E-state index in [2.05, 4.69) is 39.2 Å². The van der Waals surface area contributed by atoms with Crippen molar-refractivity contribution >= 4 is 34.3 Å². The van der Waals surface area contributed by atoms with E-state index in [1.54, 1.807) is 12.1 Å². The molecular formula is C23H15FN4. The average molecular weight is 366 g/mol. The van der Waals surface area contributed by atoms with E-state index in [1.165, 1.54) is 11.6 Å². The average Bonchev–Trinajstić information content (AvgIpc) is 3.43. The molecule has 4 aromatic rings. The van der Waals surface area contributed by atoms with Gasteiger partial charge >= 0.3 is 0 Å². The number of aromatic amines is 1. The molecule has 2 aliphatic heterocycles. The first-order chi connectivity index (χ1) is 13.7. The van der Waals surface area contributed by atoms with E-state index in [9.17, 15) is 4.39 Å². The van der Waals surface area contributed by atoms with Gasteiger partial charge in [-0.05, 0) is 53.1 Å². The molecule has 5 heteroatoms. The molecule has 0 amide bonds. The minimum atomic E-state index is -0.220. The Balaban J connectivity index is 1.38. The standard InChI is InChI=1S/C23H15FN4/c24-17-4-6-18-16(9-17)12-21(26-18)14-3-5-19-22(10-14)28-23(27-19)15-2-1-13-7-8-25-20(13)11-15/h1-6,8-11H,7,12H2,(H,27,28). The van der Waals surface area contributed by atoms with E-state index >= 15 is 0 Å². The minimum absolute atomic E-state index is 0.220. The molecule has 0 saturated heterocycles. The number of nitrogens with one attached hydrogen (secondary N) is 1. The first-order valence-corrected chi connectivity index (χ1v) is 9.25. The summed E-state index contributed by atoms with van der Waals surface area (Å²) < 4.78 is 13.5. The first kappa shape index (κ1) is 15.5. The fourth-order valence-electron chi connectivity index (χ4n) is 3.91. The number of imidazole rings is 1. The highest BCUT2D eigenvalue weighted by Crippen LogP contribution is 2.32. The molecule has 1 aromatic heterocycles. The first-order valence-electron chi connectivity index (χ1n) is 9.25. The van der Waals surface area contributed by atoms with E-state index in [-0.39, 0.29) is 5.82 Å². The summed E-state index contributed by atoms with van der Waals surface area (Å²) in [5.74, 6) is 0.610. The fourth-order valence-corrected chi connectivity index (χ4v) is 3.91. The van der Waals surface area contributed by atoms with Gasteiger partial charge in [-0.3, -0.25) is 9.98 Å². The monoisotopic (exact) mass is 366 g/mol. The van der Waals surface area contributed by atoms with Crippen molar-refractivity contribution in [2.45, 2.75) is 12.8 Å². The van der Waals surface area contributed by atoms with Gasteiger partial charge in [-0.25, -0.2) is 9.37 Å². The van der Waals surface area contributed by atoms with Gasteiger partial charge in [0, 0.05) is 24.6 Å². The maximum absolute atomic E-state index is 13.5. The molecule has 0 spiro atoms. The summed E-state index contributed by atoms with van der Waals surface area (Å²) in [6, 6.07) is 17.1. The Hall–Kier alpha value is -3.60. The molecule has 0 atom stereocenters. The topological polar surface area (TPSA) is 53.4 Å². The lowest BCUT2D eigenvalue weighted by Crippen LogP contribution is -2.00. The van der Waals surface area contributed by atoms with Crippen molar-refractivity contribution in [1.29, 1.82) is 0 Å². The van der Waals surface area contributed by atoms with Crippen molar-refractivity contribution in [2.75, 3.05) is 0 Å². The van der Waals surface area contributed by atoms with Crippen molar-refractivity contribution in [3.63, 3.8) is 0 Å². The second kappa shape index (κ2) is 5.70. The summed E-state index contributed by atoms with van der Waals surface area (Å²) in [4.78, 5) is 17.2. The molecule has 0 radical (unpaired) electrons. The molecule has 3 heterocycles. The third kappa shape index (κ3) is 2.40. The number of H-pyrrole nitrogens is 1. The number of nitrogens with zero attached hydrogens (tertiary/aromatic N) is 3. The van der Waals surface area contributed by atoms with Crippen LogP contribution in [-0.2, 0) is 12.8 Å². The second-order valence-electron chi connectivity index (χ2n) is 7.18. The molecule has 134 valence electrons. The summed E-state index contributed by atoms with van der Waals surface area (Å²) in [5, 5.41) is 0. The normalized spacial score (nSPS) is 14.4. The molecule has 0 saturated carbocycles. The minimum Gasteiger partial charge on any atom is -0.338 e. The Kier molecular flexibility index (Phi) is 3.14. The zero-order valence-corrected chi connectivity index (χ0v) is 14.9. The predicted molar refractivity (Wildman–Crippen MR) is 110 cm³/mol. The van der Waals surface area contributed by atoms with Gasteiger partial charge in [-0.15, -0.1) is 0 Å². The van der Waals surface area contributed by atoms with Gasteiger partial charge in [0.15, 0.2) is 0 Å². The molecule has 28 heavy (non-hydrogen) atoms. The van der Waals surface area contributed by atoms with Crippen LogP contribution < -0.4 is 0 Å². The zero-order chi connectivity index (χ0) is 18.7. The van der Waals surface area contributed by atoms with Gasteiger partial charge in [0.25, 0.3) is 0 Å². The molecule has 0 unspecified atom stereocenters. The maximum Gasteiger partial charge on any atom is 0.138 e. The number of halogens is 1. The summed E-state index contributed by atoms with van der Waals surface area (Å²) in [5.41, 5.74) is 8.91. The van der Waals surface area contributed by atoms with Gasteiger partial charge in [0.1, 0.15) is 11.6 Å². The predicted octanol–water partition coefficient (Wildman–Crippen LogP) is 5.30. The lowest BCUT2D eigenvalue weighted by Gasteiger charge is -2.00. The molecule has 3 aromatic carbocycles. The zero-order valence-electron chi connectivity index (χ0n) is 14.9. The van der Waals surface area contributed by atoms with E-state index < -0.39 is 0 Å². The summed E-state index contributed by atoms with van der Waals surface area (Å²) in [6.07, 6.45) is 3.47. The third-order valence-corrected chi connectivity index (χ3v) is 5.37. The number of aromatic nitrogens is 2. The Morgan fingerprint density at radius 1 is 0.857 bits per heavy atom. The molecule has 1 N–H and O–H groups in total. The quantitative estimate of drug-likeness (QED) is 0.514. The number of benzene rings is 3. The molecule has 0 fully saturated rings. The van der Waals surface area contributed by atoms with Crippen molar-refractivity contribution in [1.82, 2.24) is 9.97 Å². The van der Waals surface area contributed by atoms with Crippen LogP contribution in [0.2, 0.25) is 0 Å². The molecule has 0 aliphatic carbocycles. The van der Waals surface area contributed by atoms with Crippen LogP contribution in [0.15, 0.2) is 64.6 Å². The number of hydrogen-bond donors (Lipinski definition) is 1. The Labute approximate surface area is 160 Å². The van der Waals surface area contributed by atoms with Crippen LogP contribution in [0.1, 0.15) is 16.7 Å². The highest BCUT2D eigenvalue weighted by atomic mass is 19.1. The van der Waals surface area contributed by atoms with E-state index in [1.807, 2.05) is 18.3 Å². The third-order valence-electron chi connectivity index (χ3n) is 5.37. The van der Waals surface area contributed by atoms with Gasteiger partial charge in [0.05, 0.1) is 28.1 Å². The molecule has 4 nitrogen and oxygen atoms in total. The van der Waals surface area contributed by atoms with Crippen LogP contribution in [0, 0.1) is 5.82 Å². The van der Waals surface area contributed by atoms with Crippen LogP contribution in [0.4, 0.5) is 15.8 Å². The van der Waals surface area contributed by atoms with Crippen LogP contribution in [0.25, 0.3) is 22.4 Å². The summed E-state index contributed by atoms with van der Waals surface area (Å²) in [6.45, 7) is 0. The van der Waals surface area contributed by atoms with Gasteiger partial charge in [-0.2, -0.15) is 0 Å². The van der Waals surface area contributed by atoms with Gasteiger partial charge < -0.3 is 4.98 Å². The lowest BCUT2D eigenvalue weighted by molar-refractivity contribution is 0.626. The van der Waals surface area contributed by atoms with Crippen LogP contribution in [-0.4, -0.2) is 21.9 Å². The van der Waals surface area contributed by atoms with Crippen molar-refractivity contribution in [2.24, 2.45) is 9.98 Å². The van der Waals surface area contributed by atoms with Crippen LogP contribution >= 0.6 is 0 Å². The second-order valence-corrected chi connectivity index (χ2v) is 7.18. The van der Waals surface area contributed by atoms with E-state index in [0.717, 1.165) is 57.1 Å². The molecule has 6 rings (SSSR count). The highest BCUT2D eigenvalue weighted by molar-refractivity contribution is 6.08. The van der Waals surface area contributed by atoms with Gasteiger partial charge in [0.2, 0.25) is 0 Å². The van der Waals surface area contributed by atoms with E-state index in [0.29, 0.717) is 6.42 Å². The SMILES string of the molecule is Fc1ccc2c(c1)CC(c1ccc3nc(-c4ccc5c(c4)N=CC5)[nH]c3c1)=N2. The maximum atomic E-state index is 13.5. The van der Waals surface area contributed by atoms with Crippen molar-refractivity contribution in [3.8, 4) is 11.4 Å². The lowest BCUT2D eigenvalue weighted by atomic mass is 10.0. The Morgan fingerprint density at radius 2 is 1.79 bits per heavy atom. The Morgan fingerprint density at radius 3 is 2.75 bits per heavy atom. The van der Waals surface area contributed by atoms with Crippen LogP contribution in [0.3, 0.4) is 0 Å². The number of rotatable bonds is 2. The number of fused-ring (bicyclic) bond motifs is 3. The smallest absolute Gasteiger partial charge is 0.138 e. The summed E-state index contributed by atoms with van der Waals surface area (Å²) >= 11 is 0. The molecule has 0 bridgehead atoms. The van der Waals surface area contributed by atoms with Crippen molar-refractivity contribution in [3.05, 3.63) is 77.1 Å². The number of hydrogen-bond acceptors (Lipinski definition) is 3. The van der Waals surface area contributed by atoms with E-state index in [4.69, 9.17) is 4.98 Å². The Bertz CT molecular complexity index is 1330. The molecular weight excluding hydrogens is 351 g/mol. The van der Waals surface area contributed by atoms with Crippen LogP contribution in [0.5, 0.6) is 0 Å². The van der Waals surface area contributed by atoms with Gasteiger partial charge in [-0.1, -0.05) is 18.2 Å². The highest BCUT2D eigenvalue weighted by Gasteiger charge is 2.18. The fraction of sp³-hybridized carbons (Fsp3) is 0.0870.